The lowest BCUT2D eigenvalue weighted by atomic mass is 10.1. The van der Waals surface area contributed by atoms with Crippen molar-refractivity contribution < 1.29 is 4.42 Å². The van der Waals surface area contributed by atoms with Crippen LogP contribution in [0, 0.1) is 0 Å². The van der Waals surface area contributed by atoms with Crippen molar-refractivity contribution >= 4 is 11.8 Å². The van der Waals surface area contributed by atoms with Crippen LogP contribution < -0.4 is 10.6 Å². The molecule has 7 heteroatoms. The summed E-state index contributed by atoms with van der Waals surface area (Å²) in [5.41, 5.74) is 0.00691. The van der Waals surface area contributed by atoms with Crippen molar-refractivity contribution in [3.05, 3.63) is 24.2 Å². The van der Waals surface area contributed by atoms with E-state index in [9.17, 15) is 0 Å². The van der Waals surface area contributed by atoms with E-state index in [0.717, 1.165) is 0 Å². The standard InChI is InChI=1S/C11H16N6O/c1-11(2,3)12-7-9-16-17-10(18-9)14-8-5-4-6-13-15-8/h4-6,12H,7H2,1-3H3,(H,14,15,17). The van der Waals surface area contributed by atoms with Gasteiger partial charge < -0.3 is 9.73 Å². The zero-order valence-electron chi connectivity index (χ0n) is 10.6. The normalized spacial score (nSPS) is 11.5. The van der Waals surface area contributed by atoms with E-state index in [1.807, 2.05) is 0 Å². The first-order valence-electron chi connectivity index (χ1n) is 5.65. The van der Waals surface area contributed by atoms with Crippen molar-refractivity contribution in [2.75, 3.05) is 5.32 Å². The van der Waals surface area contributed by atoms with Crippen molar-refractivity contribution in [2.24, 2.45) is 0 Å². The highest BCUT2D eigenvalue weighted by molar-refractivity contribution is 5.43. The molecule has 0 saturated carbocycles. The maximum absolute atomic E-state index is 5.42. The molecule has 0 spiro atoms. The number of hydrogen-bond acceptors (Lipinski definition) is 7. The predicted molar refractivity (Wildman–Crippen MR) is 66.2 cm³/mol. The Balaban J connectivity index is 1.94. The second-order valence-corrected chi connectivity index (χ2v) is 4.84. The number of aromatic nitrogens is 4. The van der Waals surface area contributed by atoms with E-state index in [1.54, 1.807) is 18.3 Å². The summed E-state index contributed by atoms with van der Waals surface area (Å²) in [6, 6.07) is 3.85. The van der Waals surface area contributed by atoms with Gasteiger partial charge in [0.05, 0.1) is 6.54 Å². The van der Waals surface area contributed by atoms with Crippen LogP contribution >= 0.6 is 0 Å². The fourth-order valence-electron chi connectivity index (χ4n) is 1.19. The molecular weight excluding hydrogens is 232 g/mol. The fraction of sp³-hybridized carbons (Fsp3) is 0.455. The van der Waals surface area contributed by atoms with Gasteiger partial charge in [-0.2, -0.15) is 5.10 Å². The molecular formula is C11H16N6O. The summed E-state index contributed by atoms with van der Waals surface area (Å²) < 4.78 is 5.42. The molecule has 2 aromatic rings. The minimum atomic E-state index is 0.00691. The molecule has 0 unspecified atom stereocenters. The van der Waals surface area contributed by atoms with E-state index in [4.69, 9.17) is 4.42 Å². The number of nitrogens with zero attached hydrogens (tertiary/aromatic N) is 4. The van der Waals surface area contributed by atoms with Gasteiger partial charge in [0.2, 0.25) is 5.89 Å². The van der Waals surface area contributed by atoms with Gasteiger partial charge in [0.25, 0.3) is 0 Å². The minimum Gasteiger partial charge on any atom is -0.406 e. The SMILES string of the molecule is CC(C)(C)NCc1nnc(Nc2cccnn2)o1. The van der Waals surface area contributed by atoms with Crippen LogP contribution in [0.15, 0.2) is 22.7 Å². The molecule has 0 aliphatic rings. The van der Waals surface area contributed by atoms with Crippen LogP contribution in [0.25, 0.3) is 0 Å². The Bertz CT molecular complexity index is 490. The highest BCUT2D eigenvalue weighted by Gasteiger charge is 2.12. The molecule has 0 fully saturated rings. The number of rotatable bonds is 4. The van der Waals surface area contributed by atoms with E-state index in [0.29, 0.717) is 24.3 Å². The number of nitrogens with one attached hydrogen (secondary N) is 2. The molecule has 96 valence electrons. The molecule has 2 aromatic heterocycles. The quantitative estimate of drug-likeness (QED) is 0.847. The van der Waals surface area contributed by atoms with Crippen LogP contribution in [-0.4, -0.2) is 25.9 Å². The molecule has 0 radical (unpaired) electrons. The second-order valence-electron chi connectivity index (χ2n) is 4.84. The summed E-state index contributed by atoms with van der Waals surface area (Å²) in [5.74, 6) is 1.09. The topological polar surface area (TPSA) is 88.8 Å². The third kappa shape index (κ3) is 3.77. The molecule has 2 rings (SSSR count). The molecule has 0 atom stereocenters. The van der Waals surface area contributed by atoms with Crippen LogP contribution in [0.2, 0.25) is 0 Å². The van der Waals surface area contributed by atoms with Crippen molar-refractivity contribution in [3.63, 3.8) is 0 Å². The summed E-state index contributed by atoms with van der Waals surface area (Å²) >= 11 is 0. The first-order valence-corrected chi connectivity index (χ1v) is 5.65. The zero-order chi connectivity index (χ0) is 13.0. The Morgan fingerprint density at radius 2 is 2.06 bits per heavy atom. The van der Waals surface area contributed by atoms with Gasteiger partial charge in [-0.05, 0) is 32.9 Å². The predicted octanol–water partition coefficient (Wildman–Crippen LogP) is 1.49. The molecule has 0 aliphatic carbocycles. The van der Waals surface area contributed by atoms with E-state index in [1.165, 1.54) is 0 Å². The van der Waals surface area contributed by atoms with E-state index in [2.05, 4.69) is 51.8 Å². The lowest BCUT2D eigenvalue weighted by Crippen LogP contribution is -2.35. The number of anilines is 2. The van der Waals surface area contributed by atoms with Crippen molar-refractivity contribution in [2.45, 2.75) is 32.9 Å². The van der Waals surface area contributed by atoms with Gasteiger partial charge in [0.15, 0.2) is 5.82 Å². The third-order valence-corrected chi connectivity index (χ3v) is 2.04. The van der Waals surface area contributed by atoms with Gasteiger partial charge in [-0.15, -0.1) is 10.2 Å². The average Bonchev–Trinajstić information content (AvgIpc) is 2.75. The Kier molecular flexibility index (Phi) is 3.52. The Hall–Kier alpha value is -2.02. The van der Waals surface area contributed by atoms with Gasteiger partial charge >= 0.3 is 6.01 Å². The first-order chi connectivity index (χ1) is 8.53. The van der Waals surface area contributed by atoms with Crippen LogP contribution in [0.3, 0.4) is 0 Å². The van der Waals surface area contributed by atoms with E-state index >= 15 is 0 Å². The fourth-order valence-corrected chi connectivity index (χ4v) is 1.19. The molecule has 0 amide bonds. The van der Waals surface area contributed by atoms with Gasteiger partial charge in [-0.1, -0.05) is 5.10 Å². The van der Waals surface area contributed by atoms with Crippen LogP contribution in [-0.2, 0) is 6.54 Å². The third-order valence-electron chi connectivity index (χ3n) is 2.04. The largest absolute Gasteiger partial charge is 0.406 e. The molecule has 0 aliphatic heterocycles. The van der Waals surface area contributed by atoms with Gasteiger partial charge in [-0.25, -0.2) is 0 Å². The monoisotopic (exact) mass is 248 g/mol. The summed E-state index contributed by atoms with van der Waals surface area (Å²) in [6.45, 7) is 6.74. The maximum atomic E-state index is 5.42. The lowest BCUT2D eigenvalue weighted by Gasteiger charge is -2.18. The maximum Gasteiger partial charge on any atom is 0.321 e. The van der Waals surface area contributed by atoms with Crippen molar-refractivity contribution in [1.29, 1.82) is 0 Å². The summed E-state index contributed by atoms with van der Waals surface area (Å²) in [7, 11) is 0. The lowest BCUT2D eigenvalue weighted by molar-refractivity contribution is 0.384. The molecule has 18 heavy (non-hydrogen) atoms. The summed E-state index contributed by atoms with van der Waals surface area (Å²) in [5, 5.41) is 21.6. The Labute approximate surface area is 105 Å². The zero-order valence-corrected chi connectivity index (χ0v) is 10.6. The second kappa shape index (κ2) is 5.09. The van der Waals surface area contributed by atoms with Crippen LogP contribution in [0.5, 0.6) is 0 Å². The van der Waals surface area contributed by atoms with Crippen LogP contribution in [0.1, 0.15) is 26.7 Å². The van der Waals surface area contributed by atoms with Crippen molar-refractivity contribution in [3.8, 4) is 0 Å². The van der Waals surface area contributed by atoms with Crippen molar-refractivity contribution in [1.82, 2.24) is 25.7 Å². The average molecular weight is 248 g/mol. The smallest absolute Gasteiger partial charge is 0.321 e. The summed E-state index contributed by atoms with van der Waals surface area (Å²) in [6.07, 6.45) is 1.59. The Morgan fingerprint density at radius 1 is 1.22 bits per heavy atom. The molecule has 7 nitrogen and oxygen atoms in total. The van der Waals surface area contributed by atoms with Gasteiger partial charge in [-0.3, -0.25) is 5.32 Å². The molecule has 0 bridgehead atoms. The highest BCUT2D eigenvalue weighted by atomic mass is 16.4. The summed E-state index contributed by atoms with van der Waals surface area (Å²) in [4.78, 5) is 0. The molecule has 0 saturated heterocycles. The van der Waals surface area contributed by atoms with Gasteiger partial charge in [0, 0.05) is 11.7 Å². The Morgan fingerprint density at radius 3 is 2.72 bits per heavy atom. The first kappa shape index (κ1) is 12.4. The highest BCUT2D eigenvalue weighted by Crippen LogP contribution is 2.12. The van der Waals surface area contributed by atoms with E-state index in [-0.39, 0.29) is 5.54 Å². The molecule has 0 aromatic carbocycles. The van der Waals surface area contributed by atoms with E-state index < -0.39 is 0 Å². The number of hydrogen-bond donors (Lipinski definition) is 2. The molecule has 2 N–H and O–H groups in total. The van der Waals surface area contributed by atoms with Crippen LogP contribution in [0.4, 0.5) is 11.8 Å². The minimum absolute atomic E-state index is 0.00691. The van der Waals surface area contributed by atoms with Gasteiger partial charge in [0.1, 0.15) is 0 Å². The molecule has 2 heterocycles.